The first-order valence-electron chi connectivity index (χ1n) is 8.27. The zero-order valence-corrected chi connectivity index (χ0v) is 16.1. The Balaban J connectivity index is 2.14. The van der Waals surface area contributed by atoms with Gasteiger partial charge in [-0.2, -0.15) is 0 Å². The number of halogens is 1. The number of rotatable bonds is 5. The molecule has 6 nitrogen and oxygen atoms in total. The Bertz CT molecular complexity index is 890. The highest BCUT2D eigenvalue weighted by Gasteiger charge is 2.45. The Labute approximate surface area is 164 Å². The third-order valence-corrected chi connectivity index (χ3v) is 4.96. The van der Waals surface area contributed by atoms with Crippen molar-refractivity contribution in [3.05, 3.63) is 69.7 Å². The molecule has 2 aromatic rings. The number of β-amino-alcohol motifs (C(OH)–C–C–N with tert-alkyl or cyclic N) is 1. The Morgan fingerprint density at radius 2 is 1.74 bits per heavy atom. The van der Waals surface area contributed by atoms with Crippen LogP contribution in [0, 0.1) is 0 Å². The summed E-state index contributed by atoms with van der Waals surface area (Å²) >= 11 is 3.36. The highest BCUT2D eigenvalue weighted by atomic mass is 79.9. The third-order valence-electron chi connectivity index (χ3n) is 4.43. The summed E-state index contributed by atoms with van der Waals surface area (Å²) in [6.07, 6.45) is 0. The predicted octanol–water partition coefficient (Wildman–Crippen LogP) is 2.87. The first-order chi connectivity index (χ1) is 13.0. The molecular formula is C20H18BrNO5. The van der Waals surface area contributed by atoms with Gasteiger partial charge in [-0.1, -0.05) is 28.1 Å². The molecule has 0 saturated carbocycles. The number of ketones is 1. The minimum Gasteiger partial charge on any atom is -0.507 e. The van der Waals surface area contributed by atoms with Gasteiger partial charge in [-0.05, 0) is 42.0 Å². The van der Waals surface area contributed by atoms with Gasteiger partial charge in [0.1, 0.15) is 11.5 Å². The van der Waals surface area contributed by atoms with Gasteiger partial charge in [-0.25, -0.2) is 0 Å². The van der Waals surface area contributed by atoms with Gasteiger partial charge < -0.3 is 19.8 Å². The van der Waals surface area contributed by atoms with E-state index in [9.17, 15) is 19.8 Å². The second kappa shape index (κ2) is 7.94. The van der Waals surface area contributed by atoms with Crippen LogP contribution in [-0.4, -0.2) is 47.1 Å². The molecule has 1 saturated heterocycles. The third kappa shape index (κ3) is 3.61. The van der Waals surface area contributed by atoms with Gasteiger partial charge in [0.05, 0.1) is 25.3 Å². The maximum atomic E-state index is 12.7. The average Bonchev–Trinajstić information content (AvgIpc) is 2.93. The number of carbonyl (C=O) groups is 2. The van der Waals surface area contributed by atoms with E-state index in [4.69, 9.17) is 4.74 Å². The van der Waals surface area contributed by atoms with E-state index in [-0.39, 0.29) is 24.5 Å². The van der Waals surface area contributed by atoms with Crippen LogP contribution in [0.2, 0.25) is 0 Å². The summed E-state index contributed by atoms with van der Waals surface area (Å²) in [6, 6.07) is 12.9. The lowest BCUT2D eigenvalue weighted by Crippen LogP contribution is -2.32. The lowest BCUT2D eigenvalue weighted by atomic mass is 9.95. The number of amides is 1. The van der Waals surface area contributed by atoms with E-state index in [0.29, 0.717) is 16.9 Å². The number of hydrogen-bond acceptors (Lipinski definition) is 5. The first-order valence-corrected chi connectivity index (χ1v) is 9.06. The number of likely N-dealkylation sites (tertiary alicyclic amines) is 1. The topological polar surface area (TPSA) is 87.1 Å². The van der Waals surface area contributed by atoms with E-state index in [0.717, 1.165) is 4.47 Å². The van der Waals surface area contributed by atoms with Crippen LogP contribution in [0.4, 0.5) is 0 Å². The molecule has 0 aromatic heterocycles. The van der Waals surface area contributed by atoms with Crippen molar-refractivity contribution in [2.24, 2.45) is 0 Å². The molecule has 1 aliphatic rings. The molecule has 0 spiro atoms. The summed E-state index contributed by atoms with van der Waals surface area (Å²) in [4.78, 5) is 26.4. The van der Waals surface area contributed by atoms with E-state index < -0.39 is 17.7 Å². The fourth-order valence-corrected chi connectivity index (χ4v) is 3.38. The van der Waals surface area contributed by atoms with Gasteiger partial charge in [0, 0.05) is 16.6 Å². The summed E-state index contributed by atoms with van der Waals surface area (Å²) in [6.45, 7) is -0.298. The van der Waals surface area contributed by atoms with Crippen LogP contribution in [0.3, 0.4) is 0 Å². The van der Waals surface area contributed by atoms with Gasteiger partial charge in [0.25, 0.3) is 11.7 Å². The van der Waals surface area contributed by atoms with Crippen molar-refractivity contribution in [3.8, 4) is 5.75 Å². The van der Waals surface area contributed by atoms with Gasteiger partial charge in [0.15, 0.2) is 0 Å². The molecule has 7 heteroatoms. The molecule has 1 heterocycles. The van der Waals surface area contributed by atoms with Gasteiger partial charge in [-0.3, -0.25) is 9.59 Å². The van der Waals surface area contributed by atoms with Gasteiger partial charge >= 0.3 is 0 Å². The maximum absolute atomic E-state index is 12.7. The molecule has 0 unspecified atom stereocenters. The van der Waals surface area contributed by atoms with E-state index in [2.05, 4.69) is 15.9 Å². The van der Waals surface area contributed by atoms with E-state index in [1.54, 1.807) is 48.5 Å². The Morgan fingerprint density at radius 1 is 1.11 bits per heavy atom. The quantitative estimate of drug-likeness (QED) is 0.431. The summed E-state index contributed by atoms with van der Waals surface area (Å²) in [5.74, 6) is -1.17. The molecule has 1 atom stereocenters. The van der Waals surface area contributed by atoms with Crippen LogP contribution in [0.15, 0.2) is 58.6 Å². The molecule has 2 N–H and O–H groups in total. The van der Waals surface area contributed by atoms with Crippen molar-refractivity contribution in [1.29, 1.82) is 0 Å². The molecule has 27 heavy (non-hydrogen) atoms. The standard InChI is InChI=1S/C20H18BrNO5/c1-27-15-8-4-13(5-9-15)18(24)16-17(12-2-6-14(21)7-3-12)22(10-11-23)20(26)19(16)25/h2-9,17,23-24H,10-11H2,1H3/b18-16+/t17-/m1/s1. The molecule has 0 radical (unpaired) electrons. The van der Waals surface area contributed by atoms with E-state index >= 15 is 0 Å². The average molecular weight is 432 g/mol. The number of aliphatic hydroxyl groups is 2. The summed E-state index contributed by atoms with van der Waals surface area (Å²) in [5.41, 5.74) is 1.07. The zero-order chi connectivity index (χ0) is 19.6. The lowest BCUT2D eigenvalue weighted by molar-refractivity contribution is -0.140. The second-order valence-electron chi connectivity index (χ2n) is 6.00. The van der Waals surface area contributed by atoms with Crippen LogP contribution in [0.1, 0.15) is 17.2 Å². The number of Topliss-reactive ketones (excluding diaryl/α,β-unsaturated/α-hetero) is 1. The number of carbonyl (C=O) groups excluding carboxylic acids is 2. The Hall–Kier alpha value is -2.64. The van der Waals surface area contributed by atoms with Crippen LogP contribution >= 0.6 is 15.9 Å². The largest absolute Gasteiger partial charge is 0.507 e. The fraction of sp³-hybridized carbons (Fsp3) is 0.200. The van der Waals surface area contributed by atoms with Crippen molar-refractivity contribution in [1.82, 2.24) is 4.90 Å². The predicted molar refractivity (Wildman–Crippen MR) is 103 cm³/mol. The number of aliphatic hydroxyl groups excluding tert-OH is 2. The molecule has 3 rings (SSSR count). The van der Waals surface area contributed by atoms with Crippen molar-refractivity contribution >= 4 is 33.4 Å². The summed E-state index contributed by atoms with van der Waals surface area (Å²) < 4.78 is 5.95. The lowest BCUT2D eigenvalue weighted by Gasteiger charge is -2.24. The van der Waals surface area contributed by atoms with Gasteiger partial charge in [0.2, 0.25) is 0 Å². The minimum atomic E-state index is -0.773. The SMILES string of the molecule is COc1ccc(/C(O)=C2\C(=O)C(=O)N(CCO)[C@@H]2c2ccc(Br)cc2)cc1. The fourth-order valence-electron chi connectivity index (χ4n) is 3.11. The van der Waals surface area contributed by atoms with Crippen molar-refractivity contribution in [3.63, 3.8) is 0 Å². The molecule has 140 valence electrons. The zero-order valence-electron chi connectivity index (χ0n) is 14.6. The Morgan fingerprint density at radius 3 is 2.30 bits per heavy atom. The number of ether oxygens (including phenoxy) is 1. The molecule has 0 bridgehead atoms. The van der Waals surface area contributed by atoms with Crippen LogP contribution in [0.5, 0.6) is 5.75 Å². The second-order valence-corrected chi connectivity index (χ2v) is 6.91. The number of methoxy groups -OCH3 is 1. The molecule has 2 aromatic carbocycles. The van der Waals surface area contributed by atoms with E-state index in [1.807, 2.05) is 0 Å². The Kier molecular flexibility index (Phi) is 5.62. The normalized spacial score (nSPS) is 18.8. The highest BCUT2D eigenvalue weighted by Crippen LogP contribution is 2.39. The molecule has 1 fully saturated rings. The number of benzene rings is 2. The highest BCUT2D eigenvalue weighted by molar-refractivity contribution is 9.10. The first kappa shape index (κ1) is 19.1. The minimum absolute atomic E-state index is 0.000870. The van der Waals surface area contributed by atoms with Crippen LogP contribution in [0.25, 0.3) is 5.76 Å². The van der Waals surface area contributed by atoms with E-state index in [1.165, 1.54) is 12.0 Å². The van der Waals surface area contributed by atoms with Crippen molar-refractivity contribution in [2.45, 2.75) is 6.04 Å². The maximum Gasteiger partial charge on any atom is 0.295 e. The van der Waals surface area contributed by atoms with Crippen LogP contribution in [-0.2, 0) is 9.59 Å². The number of hydrogen-bond donors (Lipinski definition) is 2. The summed E-state index contributed by atoms with van der Waals surface area (Å²) in [5, 5.41) is 20.1. The molecular weight excluding hydrogens is 414 g/mol. The van der Waals surface area contributed by atoms with Crippen molar-refractivity contribution in [2.75, 3.05) is 20.3 Å². The molecule has 1 aliphatic heterocycles. The van der Waals surface area contributed by atoms with Gasteiger partial charge in [-0.15, -0.1) is 0 Å². The van der Waals surface area contributed by atoms with Crippen molar-refractivity contribution < 1.29 is 24.5 Å². The summed E-state index contributed by atoms with van der Waals surface area (Å²) in [7, 11) is 1.53. The van der Waals surface area contributed by atoms with Crippen LogP contribution < -0.4 is 4.74 Å². The molecule has 0 aliphatic carbocycles. The molecule has 1 amide bonds. The monoisotopic (exact) mass is 431 g/mol. The smallest absolute Gasteiger partial charge is 0.295 e. The number of nitrogens with zero attached hydrogens (tertiary/aromatic N) is 1.